The lowest BCUT2D eigenvalue weighted by Gasteiger charge is -2.34. The number of hydrogen-bond donors (Lipinski definition) is 0. The molecule has 8 nitrogen and oxygen atoms in total. The first-order valence-electron chi connectivity index (χ1n) is 9.07. The van der Waals surface area contributed by atoms with Crippen molar-refractivity contribution >= 4 is 23.3 Å². The first-order chi connectivity index (χ1) is 14.3. The average molecular weight is 430 g/mol. The monoisotopic (exact) mass is 430 g/mol. The number of ether oxygens (including phenoxy) is 4. The van der Waals surface area contributed by atoms with Crippen molar-refractivity contribution < 1.29 is 41.7 Å². The summed E-state index contributed by atoms with van der Waals surface area (Å²) in [5, 5.41) is 0. The molecule has 0 bridgehead atoms. The third kappa shape index (κ3) is 4.36. The van der Waals surface area contributed by atoms with E-state index in [2.05, 4.69) is 4.74 Å². The van der Waals surface area contributed by atoms with Gasteiger partial charge in [-0.05, 0) is 18.2 Å². The molecule has 0 saturated carbocycles. The van der Waals surface area contributed by atoms with Gasteiger partial charge in [0.05, 0.1) is 50.9 Å². The average Bonchev–Trinajstić information content (AvgIpc) is 2.77. The first kappa shape index (κ1) is 21.9. The number of methoxy groups -OCH3 is 2. The predicted molar refractivity (Wildman–Crippen MR) is 98.8 cm³/mol. The number of carbonyl (C=O) groups excluding carboxylic acids is 2. The Labute approximate surface area is 170 Å². The number of anilines is 2. The molecule has 1 fully saturated rings. The van der Waals surface area contributed by atoms with Gasteiger partial charge in [0.25, 0.3) is 0 Å². The Bertz CT molecular complexity index is 849. The summed E-state index contributed by atoms with van der Waals surface area (Å²) in [6, 6.07) is 3.79. The maximum absolute atomic E-state index is 13.9. The van der Waals surface area contributed by atoms with Crippen LogP contribution in [0, 0.1) is 0 Å². The third-order valence-corrected chi connectivity index (χ3v) is 4.79. The number of benzene rings is 1. The predicted octanol–water partition coefficient (Wildman–Crippen LogP) is 1.94. The van der Waals surface area contributed by atoms with Crippen molar-refractivity contribution in [3.8, 4) is 0 Å². The standard InChI is InChI=1S/C19H21F3N2O6/c1-27-17(25)13-10-30-11-24(16(13)18(26)28-2)15-4-3-12(9-14(15)19(20,21)22)23-5-7-29-8-6-23/h3-4,9H,5-8,10-11H2,1-2H3. The molecule has 0 radical (unpaired) electrons. The van der Waals surface area contributed by atoms with E-state index in [1.54, 1.807) is 4.90 Å². The quantitative estimate of drug-likeness (QED) is 0.671. The second kappa shape index (κ2) is 8.92. The highest BCUT2D eigenvalue weighted by Gasteiger charge is 2.40. The lowest BCUT2D eigenvalue weighted by molar-refractivity contribution is -0.141. The van der Waals surface area contributed by atoms with Gasteiger partial charge in [-0.3, -0.25) is 0 Å². The smallest absolute Gasteiger partial charge is 0.418 e. The van der Waals surface area contributed by atoms with Crippen LogP contribution in [0.4, 0.5) is 24.5 Å². The van der Waals surface area contributed by atoms with E-state index in [0.717, 1.165) is 25.2 Å². The van der Waals surface area contributed by atoms with E-state index in [1.807, 2.05) is 0 Å². The van der Waals surface area contributed by atoms with Gasteiger partial charge in [0.2, 0.25) is 0 Å². The lowest BCUT2D eigenvalue weighted by Crippen LogP contribution is -2.40. The minimum absolute atomic E-state index is 0.221. The number of hydrogen-bond acceptors (Lipinski definition) is 8. The lowest BCUT2D eigenvalue weighted by atomic mass is 10.1. The molecule has 0 unspecified atom stereocenters. The van der Waals surface area contributed by atoms with Gasteiger partial charge in [-0.15, -0.1) is 0 Å². The summed E-state index contributed by atoms with van der Waals surface area (Å²) in [6.45, 7) is 1.10. The molecule has 30 heavy (non-hydrogen) atoms. The van der Waals surface area contributed by atoms with E-state index < -0.39 is 23.7 Å². The largest absolute Gasteiger partial charge is 0.466 e. The van der Waals surface area contributed by atoms with Crippen LogP contribution in [-0.2, 0) is 34.7 Å². The van der Waals surface area contributed by atoms with Crippen LogP contribution < -0.4 is 9.80 Å². The van der Waals surface area contributed by atoms with Gasteiger partial charge in [0, 0.05) is 18.8 Å². The number of esters is 2. The normalized spacial score (nSPS) is 17.8. The van der Waals surface area contributed by atoms with Gasteiger partial charge >= 0.3 is 18.1 Å². The van der Waals surface area contributed by atoms with Crippen LogP contribution in [0.1, 0.15) is 5.56 Å². The number of rotatable bonds is 4. The van der Waals surface area contributed by atoms with Gasteiger partial charge < -0.3 is 28.7 Å². The van der Waals surface area contributed by atoms with Crippen molar-refractivity contribution in [3.63, 3.8) is 0 Å². The van der Waals surface area contributed by atoms with Gasteiger partial charge in [0.1, 0.15) is 12.4 Å². The van der Waals surface area contributed by atoms with E-state index in [4.69, 9.17) is 14.2 Å². The Kier molecular flexibility index (Phi) is 6.52. The molecule has 2 aliphatic heterocycles. The van der Waals surface area contributed by atoms with Crippen LogP contribution in [0.3, 0.4) is 0 Å². The molecule has 1 saturated heterocycles. The van der Waals surface area contributed by atoms with Crippen LogP contribution >= 0.6 is 0 Å². The summed E-state index contributed by atoms with van der Waals surface area (Å²) in [5.74, 6) is -1.86. The number of carbonyl (C=O) groups is 2. The number of nitrogens with zero attached hydrogens (tertiary/aromatic N) is 2. The zero-order valence-corrected chi connectivity index (χ0v) is 16.5. The molecule has 11 heteroatoms. The molecular weight excluding hydrogens is 409 g/mol. The van der Waals surface area contributed by atoms with Crippen molar-refractivity contribution in [2.45, 2.75) is 6.18 Å². The Balaban J connectivity index is 2.12. The number of alkyl halides is 3. The fourth-order valence-corrected chi connectivity index (χ4v) is 3.34. The minimum Gasteiger partial charge on any atom is -0.466 e. The molecule has 2 aliphatic rings. The SMILES string of the molecule is COC(=O)C1=C(C(=O)OC)N(c2ccc(N3CCOCC3)cc2C(F)(F)F)COC1. The van der Waals surface area contributed by atoms with Gasteiger partial charge in [0.15, 0.2) is 0 Å². The second-order valence-electron chi connectivity index (χ2n) is 6.51. The summed E-state index contributed by atoms with van der Waals surface area (Å²) in [4.78, 5) is 27.2. The van der Waals surface area contributed by atoms with Crippen LogP contribution in [0.15, 0.2) is 29.5 Å². The summed E-state index contributed by atoms with van der Waals surface area (Å²) < 4.78 is 61.7. The molecule has 1 aromatic carbocycles. The van der Waals surface area contributed by atoms with Gasteiger partial charge in [-0.25, -0.2) is 9.59 Å². The van der Waals surface area contributed by atoms with Crippen LogP contribution in [-0.4, -0.2) is 65.8 Å². The highest BCUT2D eigenvalue weighted by atomic mass is 19.4. The fraction of sp³-hybridized carbons (Fsp3) is 0.474. The summed E-state index contributed by atoms with van der Waals surface area (Å²) in [7, 11) is 2.17. The maximum atomic E-state index is 13.9. The molecule has 0 aromatic heterocycles. The minimum atomic E-state index is -4.72. The van der Waals surface area contributed by atoms with E-state index >= 15 is 0 Å². The molecule has 164 valence electrons. The Morgan fingerprint density at radius 1 is 1.03 bits per heavy atom. The maximum Gasteiger partial charge on any atom is 0.418 e. The van der Waals surface area contributed by atoms with Crippen molar-refractivity contribution in [3.05, 3.63) is 35.0 Å². The van der Waals surface area contributed by atoms with E-state index in [0.29, 0.717) is 32.0 Å². The molecule has 2 heterocycles. The van der Waals surface area contributed by atoms with E-state index in [9.17, 15) is 22.8 Å². The topological polar surface area (TPSA) is 77.5 Å². The summed E-state index contributed by atoms with van der Waals surface area (Å²) in [5.41, 5.74) is -1.49. The van der Waals surface area contributed by atoms with E-state index in [1.165, 1.54) is 12.1 Å². The van der Waals surface area contributed by atoms with Crippen molar-refractivity contribution in [1.29, 1.82) is 0 Å². The highest BCUT2D eigenvalue weighted by Crippen LogP contribution is 2.41. The summed E-state index contributed by atoms with van der Waals surface area (Å²) >= 11 is 0. The van der Waals surface area contributed by atoms with Gasteiger partial charge in [-0.1, -0.05) is 0 Å². The van der Waals surface area contributed by atoms with Crippen molar-refractivity contribution in [2.24, 2.45) is 0 Å². The Hall–Kier alpha value is -2.79. The van der Waals surface area contributed by atoms with Gasteiger partial charge in [-0.2, -0.15) is 13.2 Å². The van der Waals surface area contributed by atoms with Crippen LogP contribution in [0.25, 0.3) is 0 Å². The third-order valence-electron chi connectivity index (χ3n) is 4.79. The zero-order valence-electron chi connectivity index (χ0n) is 16.5. The molecule has 0 spiro atoms. The highest BCUT2D eigenvalue weighted by molar-refractivity contribution is 6.03. The molecule has 0 N–H and O–H groups in total. The van der Waals surface area contributed by atoms with Crippen LogP contribution in [0.2, 0.25) is 0 Å². The second-order valence-corrected chi connectivity index (χ2v) is 6.51. The van der Waals surface area contributed by atoms with E-state index in [-0.39, 0.29) is 30.3 Å². The Morgan fingerprint density at radius 3 is 2.30 bits per heavy atom. The molecule has 3 rings (SSSR count). The molecule has 0 amide bonds. The van der Waals surface area contributed by atoms with Crippen LogP contribution in [0.5, 0.6) is 0 Å². The van der Waals surface area contributed by atoms with Crippen molar-refractivity contribution in [2.75, 3.05) is 63.7 Å². The number of morpholine rings is 1. The molecule has 0 atom stereocenters. The number of halogens is 3. The summed E-state index contributed by atoms with van der Waals surface area (Å²) in [6.07, 6.45) is -4.72. The first-order valence-corrected chi connectivity index (χ1v) is 9.07. The fourth-order valence-electron chi connectivity index (χ4n) is 3.34. The molecule has 1 aromatic rings. The molecular formula is C19H21F3N2O6. The molecule has 0 aliphatic carbocycles. The van der Waals surface area contributed by atoms with Crippen molar-refractivity contribution in [1.82, 2.24) is 0 Å². The Morgan fingerprint density at radius 2 is 1.70 bits per heavy atom. The zero-order chi connectivity index (χ0) is 21.9.